The molecule has 1 heterocycles. The van der Waals surface area contributed by atoms with Gasteiger partial charge in [-0.2, -0.15) is 0 Å². The van der Waals surface area contributed by atoms with Crippen LogP contribution in [-0.2, 0) is 0 Å². The van der Waals surface area contributed by atoms with Gasteiger partial charge in [0.2, 0.25) is 6.79 Å². The molecule has 0 saturated heterocycles. The van der Waals surface area contributed by atoms with Gasteiger partial charge in [-0.25, -0.2) is 0 Å². The lowest BCUT2D eigenvalue weighted by Crippen LogP contribution is -2.36. The van der Waals surface area contributed by atoms with Crippen molar-refractivity contribution in [2.75, 3.05) is 12.1 Å². The van der Waals surface area contributed by atoms with Gasteiger partial charge in [0.15, 0.2) is 17.5 Å². The second-order valence-electron chi connectivity index (χ2n) is 5.06. The molecule has 104 valence electrons. The average Bonchev–Trinajstić information content (AvgIpc) is 2.74. The summed E-state index contributed by atoms with van der Waals surface area (Å²) < 4.78 is 10.7. The van der Waals surface area contributed by atoms with Crippen LogP contribution >= 0.6 is 0 Å². The van der Waals surface area contributed by atoms with E-state index in [1.54, 1.807) is 0 Å². The zero-order chi connectivity index (χ0) is 13.8. The number of nitrogens with one attached hydrogen (secondary N) is 2. The number of anilines is 1. The molecule has 1 aliphatic rings. The Labute approximate surface area is 114 Å². The van der Waals surface area contributed by atoms with E-state index in [1.807, 2.05) is 32.0 Å². The minimum Gasteiger partial charge on any atom is -0.454 e. The van der Waals surface area contributed by atoms with Crippen LogP contribution < -0.4 is 20.1 Å². The fourth-order valence-corrected chi connectivity index (χ4v) is 1.75. The zero-order valence-corrected chi connectivity index (χ0v) is 11.9. The maximum atomic E-state index is 5.36. The number of fused-ring (bicyclic) bond motifs is 1. The molecule has 1 aliphatic heterocycles. The normalized spacial score (nSPS) is 14.1. The average molecular weight is 263 g/mol. The van der Waals surface area contributed by atoms with E-state index in [1.165, 1.54) is 0 Å². The van der Waals surface area contributed by atoms with Crippen LogP contribution in [0.25, 0.3) is 0 Å². The van der Waals surface area contributed by atoms with Crippen LogP contribution in [0.2, 0.25) is 0 Å². The molecular formula is C14H21N3O2. The van der Waals surface area contributed by atoms with E-state index in [0.29, 0.717) is 6.04 Å². The highest BCUT2D eigenvalue weighted by atomic mass is 16.7. The fourth-order valence-electron chi connectivity index (χ4n) is 1.75. The molecule has 1 aromatic carbocycles. The molecule has 0 spiro atoms. The van der Waals surface area contributed by atoms with Gasteiger partial charge in [-0.15, -0.1) is 0 Å². The van der Waals surface area contributed by atoms with E-state index in [0.717, 1.165) is 23.1 Å². The summed E-state index contributed by atoms with van der Waals surface area (Å²) >= 11 is 0. The summed E-state index contributed by atoms with van der Waals surface area (Å²) in [5.41, 5.74) is 0.928. The van der Waals surface area contributed by atoms with Gasteiger partial charge >= 0.3 is 0 Å². The Morgan fingerprint density at radius 2 is 1.89 bits per heavy atom. The highest BCUT2D eigenvalue weighted by Crippen LogP contribution is 2.34. The first-order valence-corrected chi connectivity index (χ1v) is 6.55. The lowest BCUT2D eigenvalue weighted by Gasteiger charge is -2.16. The van der Waals surface area contributed by atoms with Gasteiger partial charge in [0.25, 0.3) is 0 Å². The molecule has 0 atom stereocenters. The van der Waals surface area contributed by atoms with Crippen LogP contribution in [-0.4, -0.2) is 24.8 Å². The number of guanidine groups is 1. The van der Waals surface area contributed by atoms with Gasteiger partial charge in [-0.1, -0.05) is 0 Å². The summed E-state index contributed by atoms with van der Waals surface area (Å²) in [5.74, 6) is 2.31. The summed E-state index contributed by atoms with van der Waals surface area (Å²) in [6.07, 6.45) is 0. The maximum absolute atomic E-state index is 5.36. The van der Waals surface area contributed by atoms with Crippen LogP contribution in [0, 0.1) is 0 Å². The zero-order valence-electron chi connectivity index (χ0n) is 11.9. The monoisotopic (exact) mass is 263 g/mol. The molecule has 0 unspecified atom stereocenters. The Morgan fingerprint density at radius 3 is 2.58 bits per heavy atom. The number of aliphatic imine (C=N–C) groups is 1. The number of nitrogens with zero attached hydrogens (tertiary/aromatic N) is 1. The van der Waals surface area contributed by atoms with E-state index >= 15 is 0 Å². The number of ether oxygens (including phenoxy) is 2. The van der Waals surface area contributed by atoms with Crippen LogP contribution in [0.3, 0.4) is 0 Å². The molecule has 19 heavy (non-hydrogen) atoms. The predicted molar refractivity (Wildman–Crippen MR) is 77.0 cm³/mol. The van der Waals surface area contributed by atoms with Crippen LogP contribution in [0.4, 0.5) is 5.69 Å². The number of hydrogen-bond acceptors (Lipinski definition) is 3. The molecule has 0 saturated carbocycles. The standard InChI is InChI=1S/C14H21N3O2/c1-9(2)15-14(16-10(3)4)17-11-5-6-12-13(7-11)19-8-18-12/h5-7,9-10H,8H2,1-4H3,(H2,15,16,17). The molecule has 2 N–H and O–H groups in total. The first-order chi connectivity index (χ1) is 9.04. The lowest BCUT2D eigenvalue weighted by molar-refractivity contribution is 0.174. The van der Waals surface area contributed by atoms with Crippen molar-refractivity contribution in [3.63, 3.8) is 0 Å². The lowest BCUT2D eigenvalue weighted by atomic mass is 10.3. The van der Waals surface area contributed by atoms with Crippen molar-refractivity contribution in [2.45, 2.75) is 39.8 Å². The minimum atomic E-state index is 0.225. The van der Waals surface area contributed by atoms with Crippen LogP contribution in [0.15, 0.2) is 23.2 Å². The van der Waals surface area contributed by atoms with Crippen LogP contribution in [0.5, 0.6) is 11.5 Å². The third-order valence-electron chi connectivity index (χ3n) is 2.45. The summed E-state index contributed by atoms with van der Waals surface area (Å²) in [6, 6.07) is 6.31. The van der Waals surface area contributed by atoms with Crippen molar-refractivity contribution >= 4 is 11.6 Å². The number of hydrogen-bond donors (Lipinski definition) is 2. The Morgan fingerprint density at radius 1 is 1.16 bits per heavy atom. The van der Waals surface area contributed by atoms with Gasteiger partial charge in [0, 0.05) is 23.8 Å². The molecule has 0 radical (unpaired) electrons. The van der Waals surface area contributed by atoms with E-state index in [-0.39, 0.29) is 12.8 Å². The molecular weight excluding hydrogens is 242 g/mol. The predicted octanol–water partition coefficient (Wildman–Crippen LogP) is 2.59. The van der Waals surface area contributed by atoms with Gasteiger partial charge in [-0.3, -0.25) is 4.99 Å². The highest BCUT2D eigenvalue weighted by molar-refractivity contribution is 5.94. The molecule has 0 aliphatic carbocycles. The summed E-state index contributed by atoms with van der Waals surface area (Å²) in [7, 11) is 0. The second kappa shape index (κ2) is 5.82. The Kier molecular flexibility index (Phi) is 4.14. The molecule has 5 heteroatoms. The first kappa shape index (κ1) is 13.5. The molecule has 5 nitrogen and oxygen atoms in total. The van der Waals surface area contributed by atoms with Gasteiger partial charge in [0.1, 0.15) is 0 Å². The minimum absolute atomic E-state index is 0.225. The summed E-state index contributed by atoms with van der Waals surface area (Å²) in [4.78, 5) is 4.53. The van der Waals surface area contributed by atoms with E-state index in [4.69, 9.17) is 9.47 Å². The van der Waals surface area contributed by atoms with E-state index in [9.17, 15) is 0 Å². The van der Waals surface area contributed by atoms with Crippen molar-refractivity contribution in [3.8, 4) is 11.5 Å². The SMILES string of the molecule is CC(C)N=C(Nc1ccc2c(c1)OCO2)NC(C)C. The quantitative estimate of drug-likeness (QED) is 0.650. The van der Waals surface area contributed by atoms with Crippen molar-refractivity contribution in [1.29, 1.82) is 0 Å². The molecule has 0 fully saturated rings. The smallest absolute Gasteiger partial charge is 0.231 e. The summed E-state index contributed by atoms with van der Waals surface area (Å²) in [5, 5.41) is 6.57. The summed E-state index contributed by atoms with van der Waals surface area (Å²) in [6.45, 7) is 8.54. The Hall–Kier alpha value is -1.91. The largest absolute Gasteiger partial charge is 0.454 e. The topological polar surface area (TPSA) is 54.9 Å². The second-order valence-corrected chi connectivity index (χ2v) is 5.06. The molecule has 0 bridgehead atoms. The van der Waals surface area contributed by atoms with Gasteiger partial charge in [0.05, 0.1) is 0 Å². The molecule has 0 aromatic heterocycles. The van der Waals surface area contributed by atoms with Gasteiger partial charge in [-0.05, 0) is 39.8 Å². The fraction of sp³-hybridized carbons (Fsp3) is 0.500. The van der Waals surface area contributed by atoms with Gasteiger partial charge < -0.3 is 20.1 Å². The van der Waals surface area contributed by atoms with Crippen molar-refractivity contribution in [1.82, 2.24) is 5.32 Å². The number of benzene rings is 1. The Balaban J connectivity index is 2.12. The maximum Gasteiger partial charge on any atom is 0.231 e. The molecule has 1 aromatic rings. The third-order valence-corrected chi connectivity index (χ3v) is 2.45. The molecule has 0 amide bonds. The van der Waals surface area contributed by atoms with Crippen molar-refractivity contribution in [2.24, 2.45) is 4.99 Å². The van der Waals surface area contributed by atoms with E-state index in [2.05, 4.69) is 29.5 Å². The van der Waals surface area contributed by atoms with E-state index < -0.39 is 0 Å². The van der Waals surface area contributed by atoms with Crippen LogP contribution in [0.1, 0.15) is 27.7 Å². The number of rotatable bonds is 3. The van der Waals surface area contributed by atoms with Crippen molar-refractivity contribution in [3.05, 3.63) is 18.2 Å². The highest BCUT2D eigenvalue weighted by Gasteiger charge is 2.14. The Bertz CT molecular complexity index is 470. The third kappa shape index (κ3) is 3.77. The van der Waals surface area contributed by atoms with Crippen molar-refractivity contribution < 1.29 is 9.47 Å². The first-order valence-electron chi connectivity index (χ1n) is 6.55. The molecule has 2 rings (SSSR count).